The number of rotatable bonds is 4. The van der Waals surface area contributed by atoms with Crippen LogP contribution < -0.4 is 5.32 Å². The maximum atomic E-state index is 12.4. The van der Waals surface area contributed by atoms with Crippen LogP contribution in [0, 0.1) is 29.6 Å². The number of carbonyl (C=O) groups is 2. The molecule has 2 amide bonds. The van der Waals surface area contributed by atoms with Crippen LogP contribution in [0.1, 0.15) is 25.7 Å². The zero-order valence-electron chi connectivity index (χ0n) is 14.1. The molecule has 9 heteroatoms. The quantitative estimate of drug-likeness (QED) is 0.617. The van der Waals surface area contributed by atoms with Crippen molar-refractivity contribution in [3.8, 4) is 12.1 Å². The lowest BCUT2D eigenvalue weighted by Crippen LogP contribution is -2.21. The van der Waals surface area contributed by atoms with Crippen LogP contribution in [0.4, 0.5) is 5.00 Å². The molecule has 132 valence electrons. The van der Waals surface area contributed by atoms with Crippen molar-refractivity contribution in [1.29, 1.82) is 10.5 Å². The fourth-order valence-corrected chi connectivity index (χ4v) is 4.19. The van der Waals surface area contributed by atoms with Gasteiger partial charge in [0.2, 0.25) is 0 Å². The molecule has 0 saturated carbocycles. The predicted molar refractivity (Wildman–Crippen MR) is 103 cm³/mol. The smallest absolute Gasteiger partial charge is 0.267 e. The summed E-state index contributed by atoms with van der Waals surface area (Å²) in [5.41, 5.74) is 0.586. The van der Waals surface area contributed by atoms with Crippen LogP contribution in [0.3, 0.4) is 0 Å². The lowest BCUT2D eigenvalue weighted by Gasteiger charge is -2.08. The van der Waals surface area contributed by atoms with Crippen molar-refractivity contribution in [2.45, 2.75) is 6.92 Å². The molecule has 0 aliphatic carbocycles. The van der Waals surface area contributed by atoms with Crippen molar-refractivity contribution in [3.63, 3.8) is 0 Å². The number of nitrogens with one attached hydrogen (secondary N) is 1. The summed E-state index contributed by atoms with van der Waals surface area (Å²) in [6.45, 7) is 1.65. The zero-order chi connectivity index (χ0) is 19.4. The van der Waals surface area contributed by atoms with Gasteiger partial charge in [-0.15, -0.1) is 22.7 Å². The van der Waals surface area contributed by atoms with Gasteiger partial charge in [-0.2, -0.15) is 10.5 Å². The molecule has 0 bridgehead atoms. The van der Waals surface area contributed by atoms with Gasteiger partial charge in [0.25, 0.3) is 11.8 Å². The van der Waals surface area contributed by atoms with E-state index in [9.17, 15) is 20.1 Å². The molecule has 1 N–H and O–H groups in total. The number of hydrogen-bond acceptors (Lipinski definition) is 6. The van der Waals surface area contributed by atoms with Crippen molar-refractivity contribution in [3.05, 3.63) is 42.9 Å². The molecule has 26 heavy (non-hydrogen) atoms. The maximum absolute atomic E-state index is 12.4. The second kappa shape index (κ2) is 8.15. The Morgan fingerprint density at radius 1 is 1.27 bits per heavy atom. The minimum absolute atomic E-state index is 0.126. The van der Waals surface area contributed by atoms with Crippen LogP contribution in [-0.2, 0) is 4.79 Å². The SMILES string of the molecule is Cc1c(C(=O)N(C)C)sc(NC(=O)C(C#N)=Cc2ccc(Cl)s2)c1C#N. The van der Waals surface area contributed by atoms with E-state index in [4.69, 9.17) is 11.6 Å². The molecule has 2 rings (SSSR count). The Hall–Kier alpha value is -2.65. The van der Waals surface area contributed by atoms with Crippen molar-refractivity contribution < 1.29 is 9.59 Å². The molecule has 2 heterocycles. The molecule has 0 unspecified atom stereocenters. The molecule has 0 saturated heterocycles. The summed E-state index contributed by atoms with van der Waals surface area (Å²) < 4.78 is 0.543. The first-order valence-corrected chi connectivity index (χ1v) is 9.23. The molecular weight excluding hydrogens is 392 g/mol. The highest BCUT2D eigenvalue weighted by Gasteiger charge is 2.23. The van der Waals surface area contributed by atoms with Gasteiger partial charge in [0.15, 0.2) is 0 Å². The van der Waals surface area contributed by atoms with Crippen molar-refractivity contribution >= 4 is 57.2 Å². The van der Waals surface area contributed by atoms with Gasteiger partial charge in [0.1, 0.15) is 22.7 Å². The maximum Gasteiger partial charge on any atom is 0.267 e. The lowest BCUT2D eigenvalue weighted by atomic mass is 10.1. The van der Waals surface area contributed by atoms with E-state index in [1.54, 1.807) is 33.2 Å². The first-order valence-electron chi connectivity index (χ1n) is 7.22. The van der Waals surface area contributed by atoms with Crippen LogP contribution in [-0.4, -0.2) is 30.8 Å². The third-order valence-corrected chi connectivity index (χ3v) is 5.71. The Morgan fingerprint density at radius 2 is 1.96 bits per heavy atom. The van der Waals surface area contributed by atoms with Gasteiger partial charge in [-0.05, 0) is 30.7 Å². The standard InChI is InChI=1S/C17H13ClN4O2S2/c1-9-12(8-20)16(26-14(9)17(24)22(2)3)21-15(23)10(7-19)6-11-4-5-13(18)25-11/h4-6H,1-3H3,(H,21,23). The summed E-state index contributed by atoms with van der Waals surface area (Å²) in [5, 5.41) is 21.4. The molecule has 2 aromatic heterocycles. The molecule has 0 atom stereocenters. The summed E-state index contributed by atoms with van der Waals surface area (Å²) in [6, 6.07) is 7.20. The van der Waals surface area contributed by atoms with Gasteiger partial charge in [0, 0.05) is 19.0 Å². The highest BCUT2D eigenvalue weighted by molar-refractivity contribution is 7.18. The monoisotopic (exact) mass is 404 g/mol. The number of carbonyl (C=O) groups excluding carboxylic acids is 2. The molecule has 0 fully saturated rings. The summed E-state index contributed by atoms with van der Waals surface area (Å²) >= 11 is 8.09. The fourth-order valence-electron chi connectivity index (χ4n) is 2.01. The third-order valence-electron chi connectivity index (χ3n) is 3.33. The van der Waals surface area contributed by atoms with E-state index in [1.807, 2.05) is 12.1 Å². The van der Waals surface area contributed by atoms with Crippen LogP contribution >= 0.6 is 34.3 Å². The lowest BCUT2D eigenvalue weighted by molar-refractivity contribution is -0.112. The largest absolute Gasteiger partial charge is 0.344 e. The van der Waals surface area contributed by atoms with Gasteiger partial charge in [-0.3, -0.25) is 9.59 Å². The molecular formula is C17H13ClN4O2S2. The van der Waals surface area contributed by atoms with E-state index in [0.29, 0.717) is 19.7 Å². The molecule has 0 aliphatic heterocycles. The third kappa shape index (κ3) is 4.12. The number of anilines is 1. The fraction of sp³-hybridized carbons (Fsp3) is 0.176. The van der Waals surface area contributed by atoms with Gasteiger partial charge >= 0.3 is 0 Å². The number of halogens is 1. The Kier molecular flexibility index (Phi) is 6.17. The van der Waals surface area contributed by atoms with Crippen LogP contribution in [0.15, 0.2) is 17.7 Å². The molecule has 0 radical (unpaired) electrons. The van der Waals surface area contributed by atoms with Gasteiger partial charge < -0.3 is 10.2 Å². The Bertz CT molecular complexity index is 990. The van der Waals surface area contributed by atoms with E-state index in [0.717, 1.165) is 11.3 Å². The summed E-state index contributed by atoms with van der Waals surface area (Å²) in [7, 11) is 3.21. The number of amides is 2. The van der Waals surface area contributed by atoms with Crippen LogP contribution in [0.25, 0.3) is 6.08 Å². The molecule has 0 aromatic carbocycles. The Balaban J connectivity index is 2.35. The summed E-state index contributed by atoms with van der Waals surface area (Å²) in [4.78, 5) is 27.1. The van der Waals surface area contributed by atoms with Crippen molar-refractivity contribution in [2.24, 2.45) is 0 Å². The van der Waals surface area contributed by atoms with Gasteiger partial charge in [-0.1, -0.05) is 11.6 Å². The van der Waals surface area contributed by atoms with E-state index < -0.39 is 5.91 Å². The Labute approximate surface area is 163 Å². The minimum Gasteiger partial charge on any atom is -0.344 e. The van der Waals surface area contributed by atoms with Crippen LogP contribution in [0.5, 0.6) is 0 Å². The number of nitriles is 2. The minimum atomic E-state index is -0.654. The Morgan fingerprint density at radius 3 is 2.46 bits per heavy atom. The van der Waals surface area contributed by atoms with E-state index in [1.165, 1.54) is 22.3 Å². The molecule has 2 aromatic rings. The molecule has 0 spiro atoms. The summed E-state index contributed by atoms with van der Waals surface area (Å²) in [5.74, 6) is -0.910. The van der Waals surface area contributed by atoms with E-state index in [-0.39, 0.29) is 22.0 Å². The molecule has 6 nitrogen and oxygen atoms in total. The van der Waals surface area contributed by atoms with Gasteiger partial charge in [-0.25, -0.2) is 0 Å². The van der Waals surface area contributed by atoms with Crippen LogP contribution in [0.2, 0.25) is 4.34 Å². The topological polar surface area (TPSA) is 97.0 Å². The van der Waals surface area contributed by atoms with E-state index >= 15 is 0 Å². The average molecular weight is 405 g/mol. The van der Waals surface area contributed by atoms with E-state index in [2.05, 4.69) is 5.32 Å². The number of thiophene rings is 2. The highest BCUT2D eigenvalue weighted by atomic mass is 35.5. The summed E-state index contributed by atoms with van der Waals surface area (Å²) in [6.07, 6.45) is 1.42. The van der Waals surface area contributed by atoms with Crippen molar-refractivity contribution in [2.75, 3.05) is 19.4 Å². The predicted octanol–water partition coefficient (Wildman–Crippen LogP) is 3.89. The number of nitrogens with zero attached hydrogens (tertiary/aromatic N) is 3. The normalized spacial score (nSPS) is 10.8. The zero-order valence-corrected chi connectivity index (χ0v) is 16.5. The first-order chi connectivity index (χ1) is 12.3. The van der Waals surface area contributed by atoms with Gasteiger partial charge in [0.05, 0.1) is 14.8 Å². The first kappa shape index (κ1) is 19.7. The second-order valence-corrected chi connectivity index (χ2v) is 8.10. The van der Waals surface area contributed by atoms with Crippen molar-refractivity contribution in [1.82, 2.24) is 4.90 Å². The second-order valence-electron chi connectivity index (χ2n) is 5.34. The average Bonchev–Trinajstić information content (AvgIpc) is 3.14. The number of hydrogen-bond donors (Lipinski definition) is 1. The molecule has 0 aliphatic rings. The highest BCUT2D eigenvalue weighted by Crippen LogP contribution is 2.33.